The molecule has 1 aromatic carbocycles. The van der Waals surface area contributed by atoms with Gasteiger partial charge in [-0.15, -0.1) is 0 Å². The molecule has 2 heterocycles. The fourth-order valence-corrected chi connectivity index (χ4v) is 3.49. The number of hydrogen-bond acceptors (Lipinski definition) is 3. The predicted octanol–water partition coefficient (Wildman–Crippen LogP) is 1.14. The summed E-state index contributed by atoms with van der Waals surface area (Å²) < 4.78 is 12.9. The highest BCUT2D eigenvalue weighted by molar-refractivity contribution is 5.90. The molecule has 0 bridgehead atoms. The van der Waals surface area contributed by atoms with Crippen LogP contribution in [-0.2, 0) is 16.1 Å². The molecule has 3 rings (SSSR count). The molecular formula is C19H25FN4O3. The Morgan fingerprint density at radius 1 is 1.19 bits per heavy atom. The van der Waals surface area contributed by atoms with Crippen LogP contribution in [0.15, 0.2) is 24.3 Å². The normalized spacial score (nSPS) is 20.1. The minimum atomic E-state index is -0.466. The highest BCUT2D eigenvalue weighted by atomic mass is 19.1. The molecule has 1 aromatic rings. The molecule has 146 valence electrons. The molecule has 0 saturated carbocycles. The van der Waals surface area contributed by atoms with Gasteiger partial charge in [-0.3, -0.25) is 9.59 Å². The van der Waals surface area contributed by atoms with E-state index >= 15 is 0 Å². The number of benzene rings is 1. The summed E-state index contributed by atoms with van der Waals surface area (Å²) in [6, 6.07) is 5.31. The van der Waals surface area contributed by atoms with Gasteiger partial charge in [0.05, 0.1) is 0 Å². The van der Waals surface area contributed by atoms with E-state index in [1.165, 1.54) is 12.1 Å². The van der Waals surface area contributed by atoms with Crippen molar-refractivity contribution in [1.82, 2.24) is 20.9 Å². The lowest BCUT2D eigenvalue weighted by Crippen LogP contribution is -2.48. The number of amides is 4. The zero-order valence-electron chi connectivity index (χ0n) is 15.2. The lowest BCUT2D eigenvalue weighted by Gasteiger charge is -2.33. The molecule has 2 aliphatic heterocycles. The Bertz CT molecular complexity index is 687. The zero-order chi connectivity index (χ0) is 19.2. The summed E-state index contributed by atoms with van der Waals surface area (Å²) in [6.07, 6.45) is 2.97. The van der Waals surface area contributed by atoms with E-state index in [1.807, 2.05) is 0 Å². The minimum absolute atomic E-state index is 0.0161. The van der Waals surface area contributed by atoms with Crippen molar-refractivity contribution in [2.45, 2.75) is 38.3 Å². The van der Waals surface area contributed by atoms with E-state index in [2.05, 4.69) is 16.0 Å². The number of urea groups is 1. The second kappa shape index (κ2) is 8.83. The number of nitrogens with one attached hydrogen (secondary N) is 3. The molecule has 8 heteroatoms. The number of carbonyl (C=O) groups is 3. The van der Waals surface area contributed by atoms with E-state index in [4.69, 9.17) is 0 Å². The number of nitrogens with zero attached hydrogens (tertiary/aromatic N) is 1. The average Bonchev–Trinajstić information content (AvgIpc) is 3.12. The van der Waals surface area contributed by atoms with Crippen molar-refractivity contribution in [2.24, 2.45) is 5.92 Å². The number of likely N-dealkylation sites (tertiary alicyclic amines) is 1. The third kappa shape index (κ3) is 5.42. The summed E-state index contributed by atoms with van der Waals surface area (Å²) in [5, 5.41) is 8.07. The van der Waals surface area contributed by atoms with Crippen molar-refractivity contribution in [3.63, 3.8) is 0 Å². The largest absolute Gasteiger partial charge is 0.352 e. The maximum Gasteiger partial charge on any atom is 0.315 e. The highest BCUT2D eigenvalue weighted by Crippen LogP contribution is 2.22. The van der Waals surface area contributed by atoms with Gasteiger partial charge < -0.3 is 20.9 Å². The van der Waals surface area contributed by atoms with Gasteiger partial charge in [0.25, 0.3) is 0 Å². The van der Waals surface area contributed by atoms with Crippen LogP contribution in [0.25, 0.3) is 0 Å². The van der Waals surface area contributed by atoms with Crippen molar-refractivity contribution in [1.29, 1.82) is 0 Å². The van der Waals surface area contributed by atoms with Crippen LogP contribution in [0.5, 0.6) is 0 Å². The zero-order valence-corrected chi connectivity index (χ0v) is 15.2. The number of carbonyl (C=O) groups excluding carboxylic acids is 3. The van der Waals surface area contributed by atoms with Gasteiger partial charge in [0.1, 0.15) is 11.9 Å². The molecular weight excluding hydrogens is 351 g/mol. The fourth-order valence-electron chi connectivity index (χ4n) is 3.49. The lowest BCUT2D eigenvalue weighted by molar-refractivity contribution is -0.134. The average molecular weight is 376 g/mol. The highest BCUT2D eigenvalue weighted by Gasteiger charge is 2.32. The van der Waals surface area contributed by atoms with Gasteiger partial charge >= 0.3 is 6.03 Å². The third-order valence-corrected chi connectivity index (χ3v) is 5.18. The van der Waals surface area contributed by atoms with Gasteiger partial charge in [0, 0.05) is 32.6 Å². The lowest BCUT2D eigenvalue weighted by atomic mass is 9.91. The molecule has 7 nitrogen and oxygen atoms in total. The second-order valence-electron chi connectivity index (χ2n) is 7.12. The van der Waals surface area contributed by atoms with E-state index in [0.29, 0.717) is 38.5 Å². The Morgan fingerprint density at radius 2 is 1.89 bits per heavy atom. The Hall–Kier alpha value is -2.64. The van der Waals surface area contributed by atoms with Crippen LogP contribution in [0, 0.1) is 11.7 Å². The standard InChI is InChI=1S/C19H25FN4O3/c20-15-4-1-14(2-5-15)11-21-17(25)6-3-13-7-9-24(10-8-13)18(26)16-12-22-19(27)23-16/h1-2,4-5,13,16H,3,6-12H2,(H,21,25)(H2,22,23,27)/t16-/m0/s1. The Kier molecular flexibility index (Phi) is 6.26. The van der Waals surface area contributed by atoms with Crippen LogP contribution in [0.4, 0.5) is 9.18 Å². The molecule has 0 aliphatic carbocycles. The molecule has 3 N–H and O–H groups in total. The third-order valence-electron chi connectivity index (χ3n) is 5.18. The first-order valence-electron chi connectivity index (χ1n) is 9.35. The number of piperidine rings is 1. The molecule has 0 unspecified atom stereocenters. The van der Waals surface area contributed by atoms with Crippen molar-refractivity contribution in [3.05, 3.63) is 35.6 Å². The summed E-state index contributed by atoms with van der Waals surface area (Å²) in [6.45, 7) is 2.05. The smallest absolute Gasteiger partial charge is 0.315 e. The number of hydrogen-bond donors (Lipinski definition) is 3. The number of halogens is 1. The first-order chi connectivity index (χ1) is 13.0. The van der Waals surface area contributed by atoms with E-state index in [0.717, 1.165) is 24.8 Å². The Balaban J connectivity index is 1.33. The summed E-state index contributed by atoms with van der Waals surface area (Å²) >= 11 is 0. The van der Waals surface area contributed by atoms with Crippen LogP contribution in [0.2, 0.25) is 0 Å². The molecule has 2 saturated heterocycles. The summed E-state index contributed by atoms with van der Waals surface area (Å²) in [5.74, 6) is 0.0739. The van der Waals surface area contributed by atoms with Crippen LogP contribution >= 0.6 is 0 Å². The maximum atomic E-state index is 12.9. The molecule has 2 aliphatic rings. The Morgan fingerprint density at radius 3 is 2.52 bits per heavy atom. The maximum absolute atomic E-state index is 12.9. The van der Waals surface area contributed by atoms with Crippen molar-refractivity contribution in [2.75, 3.05) is 19.6 Å². The first kappa shape index (κ1) is 19.1. The van der Waals surface area contributed by atoms with Crippen LogP contribution < -0.4 is 16.0 Å². The minimum Gasteiger partial charge on any atom is -0.352 e. The molecule has 27 heavy (non-hydrogen) atoms. The first-order valence-corrected chi connectivity index (χ1v) is 9.35. The van der Waals surface area contributed by atoms with Crippen LogP contribution in [0.1, 0.15) is 31.2 Å². The fraction of sp³-hybridized carbons (Fsp3) is 0.526. The van der Waals surface area contributed by atoms with Gasteiger partial charge in [-0.05, 0) is 42.9 Å². The molecule has 0 spiro atoms. The summed E-state index contributed by atoms with van der Waals surface area (Å²) in [4.78, 5) is 37.3. The van der Waals surface area contributed by atoms with Crippen LogP contribution in [-0.4, -0.2) is 48.4 Å². The molecule has 1 atom stereocenters. The molecule has 0 aromatic heterocycles. The Labute approximate surface area is 157 Å². The monoisotopic (exact) mass is 376 g/mol. The van der Waals surface area contributed by atoms with E-state index in [-0.39, 0.29) is 23.7 Å². The van der Waals surface area contributed by atoms with Gasteiger partial charge in [0.15, 0.2) is 0 Å². The number of rotatable bonds is 6. The van der Waals surface area contributed by atoms with Gasteiger partial charge in [-0.1, -0.05) is 12.1 Å². The quantitative estimate of drug-likeness (QED) is 0.695. The van der Waals surface area contributed by atoms with Gasteiger partial charge in [-0.2, -0.15) is 0 Å². The van der Waals surface area contributed by atoms with Crippen molar-refractivity contribution in [3.8, 4) is 0 Å². The summed E-state index contributed by atoms with van der Waals surface area (Å²) in [7, 11) is 0. The van der Waals surface area contributed by atoms with Crippen LogP contribution in [0.3, 0.4) is 0 Å². The topological polar surface area (TPSA) is 90.5 Å². The van der Waals surface area contributed by atoms with E-state index in [9.17, 15) is 18.8 Å². The molecule has 4 amide bonds. The SMILES string of the molecule is O=C(CCC1CCN(C(=O)[C@@H]2CNC(=O)N2)CC1)NCc1ccc(F)cc1. The van der Waals surface area contributed by atoms with Gasteiger partial charge in [-0.25, -0.2) is 9.18 Å². The van der Waals surface area contributed by atoms with Gasteiger partial charge in [0.2, 0.25) is 11.8 Å². The van der Waals surface area contributed by atoms with Crippen molar-refractivity contribution < 1.29 is 18.8 Å². The predicted molar refractivity (Wildman–Crippen MR) is 97.1 cm³/mol. The molecule has 2 fully saturated rings. The van der Waals surface area contributed by atoms with Crippen molar-refractivity contribution >= 4 is 17.8 Å². The summed E-state index contributed by atoms with van der Waals surface area (Å²) in [5.41, 5.74) is 0.866. The molecule has 0 radical (unpaired) electrons. The van der Waals surface area contributed by atoms with E-state index < -0.39 is 6.04 Å². The van der Waals surface area contributed by atoms with E-state index in [1.54, 1.807) is 17.0 Å². The second-order valence-corrected chi connectivity index (χ2v) is 7.12.